The summed E-state index contributed by atoms with van der Waals surface area (Å²) in [7, 11) is 4.23. The minimum absolute atomic E-state index is 0.0337. The van der Waals surface area contributed by atoms with Gasteiger partial charge in [0.1, 0.15) is 0 Å². The van der Waals surface area contributed by atoms with Crippen molar-refractivity contribution in [2.45, 2.75) is 31.7 Å². The molecule has 0 bridgehead atoms. The molecule has 1 aromatic rings. The second-order valence-electron chi connectivity index (χ2n) is 6.18. The molecule has 1 amide bonds. The van der Waals surface area contributed by atoms with E-state index in [1.807, 2.05) is 31.3 Å². The molecule has 4 nitrogen and oxygen atoms in total. The monoisotopic (exact) mass is 367 g/mol. The number of rotatable bonds is 6. The van der Waals surface area contributed by atoms with Crippen molar-refractivity contribution in [3.05, 3.63) is 28.7 Å². The molecule has 0 aromatic heterocycles. The summed E-state index contributed by atoms with van der Waals surface area (Å²) in [5.74, 6) is 0.0337. The lowest BCUT2D eigenvalue weighted by atomic mass is 10.00. The number of hydrogen-bond acceptors (Lipinski definition) is 3. The predicted molar refractivity (Wildman–Crippen MR) is 95.2 cm³/mol. The Hall–Kier alpha value is -0.910. The van der Waals surface area contributed by atoms with E-state index in [1.54, 1.807) is 0 Å². The maximum absolute atomic E-state index is 12.1. The van der Waals surface area contributed by atoms with E-state index in [0.717, 1.165) is 23.1 Å². The van der Waals surface area contributed by atoms with Crippen LogP contribution in [0.1, 0.15) is 25.7 Å². The number of nitrogens with zero attached hydrogens (tertiary/aromatic N) is 2. The number of anilines is 1. The van der Waals surface area contributed by atoms with Gasteiger partial charge >= 0.3 is 0 Å². The number of amides is 1. The third kappa shape index (κ3) is 5.38. The number of hydrogen-bond donors (Lipinski definition) is 1. The third-order valence-corrected chi connectivity index (χ3v) is 5.02. The van der Waals surface area contributed by atoms with Gasteiger partial charge in [-0.05, 0) is 74.5 Å². The molecule has 5 heteroatoms. The van der Waals surface area contributed by atoms with E-state index in [9.17, 15) is 4.79 Å². The second kappa shape index (κ2) is 8.65. The number of carbonyl (C=O) groups is 1. The molecule has 1 atom stereocenters. The Morgan fingerprint density at radius 3 is 2.91 bits per heavy atom. The van der Waals surface area contributed by atoms with Gasteiger partial charge in [-0.15, -0.1) is 0 Å². The van der Waals surface area contributed by atoms with Gasteiger partial charge in [0.25, 0.3) is 0 Å². The van der Waals surface area contributed by atoms with E-state index in [2.05, 4.69) is 38.1 Å². The summed E-state index contributed by atoms with van der Waals surface area (Å²) < 4.78 is 0.912. The van der Waals surface area contributed by atoms with E-state index < -0.39 is 0 Å². The molecule has 22 heavy (non-hydrogen) atoms. The van der Waals surface area contributed by atoms with E-state index in [1.165, 1.54) is 25.8 Å². The molecule has 1 aliphatic rings. The average molecular weight is 368 g/mol. The first-order valence-corrected chi connectivity index (χ1v) is 8.78. The summed E-state index contributed by atoms with van der Waals surface area (Å²) in [4.78, 5) is 16.7. The number of benzene rings is 1. The van der Waals surface area contributed by atoms with E-state index in [0.29, 0.717) is 12.6 Å². The molecule has 1 N–H and O–H groups in total. The van der Waals surface area contributed by atoms with Crippen molar-refractivity contribution in [2.75, 3.05) is 39.0 Å². The average Bonchev–Trinajstić information content (AvgIpc) is 2.49. The Kier molecular flexibility index (Phi) is 6.86. The first-order valence-electron chi connectivity index (χ1n) is 7.99. The Morgan fingerprint density at radius 2 is 2.18 bits per heavy atom. The standard InChI is InChI=1S/C17H26BrN3O/c1-20(12-10-14-7-5-6-11-21(14)2)13-17(22)19-16-9-4-3-8-15(16)18/h3-4,8-9,14H,5-7,10-13H2,1-2H3,(H,19,22). The normalized spacial score (nSPS) is 19.4. The number of halogens is 1. The third-order valence-electron chi connectivity index (χ3n) is 4.33. The smallest absolute Gasteiger partial charge is 0.238 e. The highest BCUT2D eigenvalue weighted by atomic mass is 79.9. The van der Waals surface area contributed by atoms with Crippen LogP contribution >= 0.6 is 15.9 Å². The zero-order valence-corrected chi connectivity index (χ0v) is 15.1. The van der Waals surface area contributed by atoms with Crippen molar-refractivity contribution in [1.29, 1.82) is 0 Å². The summed E-state index contributed by atoms with van der Waals surface area (Å²) in [6, 6.07) is 8.36. The number of likely N-dealkylation sites (tertiary alicyclic amines) is 1. The molecule has 1 aliphatic heterocycles. The van der Waals surface area contributed by atoms with Gasteiger partial charge in [-0.1, -0.05) is 18.6 Å². The molecular weight excluding hydrogens is 342 g/mol. The lowest BCUT2D eigenvalue weighted by molar-refractivity contribution is -0.117. The van der Waals surface area contributed by atoms with E-state index >= 15 is 0 Å². The van der Waals surface area contributed by atoms with Crippen LogP contribution in [-0.4, -0.2) is 55.5 Å². The van der Waals surface area contributed by atoms with E-state index in [4.69, 9.17) is 0 Å². The molecule has 1 unspecified atom stereocenters. The zero-order valence-electron chi connectivity index (χ0n) is 13.5. The van der Waals surface area contributed by atoms with Crippen LogP contribution in [0.4, 0.5) is 5.69 Å². The summed E-state index contributed by atoms with van der Waals surface area (Å²) >= 11 is 3.45. The Balaban J connectivity index is 1.73. The molecular formula is C17H26BrN3O. The van der Waals surface area contributed by atoms with E-state index in [-0.39, 0.29) is 5.91 Å². The fourth-order valence-corrected chi connectivity index (χ4v) is 3.34. The van der Waals surface area contributed by atoms with Crippen molar-refractivity contribution in [3.8, 4) is 0 Å². The maximum Gasteiger partial charge on any atom is 0.238 e. The molecule has 1 fully saturated rings. The number of piperidine rings is 1. The van der Waals surface area contributed by atoms with Gasteiger partial charge in [-0.2, -0.15) is 0 Å². The minimum Gasteiger partial charge on any atom is -0.324 e. The highest BCUT2D eigenvalue weighted by Crippen LogP contribution is 2.21. The van der Waals surface area contributed by atoms with Gasteiger partial charge in [0, 0.05) is 10.5 Å². The number of carbonyl (C=O) groups excluding carboxylic acids is 1. The van der Waals surface area contributed by atoms with Crippen LogP contribution in [-0.2, 0) is 4.79 Å². The van der Waals surface area contributed by atoms with Gasteiger partial charge in [0.05, 0.1) is 12.2 Å². The lowest BCUT2D eigenvalue weighted by Gasteiger charge is -2.33. The first kappa shape index (κ1) is 17.4. The summed E-state index contributed by atoms with van der Waals surface area (Å²) in [5, 5.41) is 2.95. The maximum atomic E-state index is 12.1. The first-order chi connectivity index (χ1) is 10.6. The van der Waals surface area contributed by atoms with Crippen LogP contribution in [0.15, 0.2) is 28.7 Å². The van der Waals surface area contributed by atoms with Gasteiger partial charge < -0.3 is 10.2 Å². The van der Waals surface area contributed by atoms with Crippen LogP contribution in [0, 0.1) is 0 Å². The molecule has 0 saturated carbocycles. The van der Waals surface area contributed by atoms with Crippen LogP contribution in [0.5, 0.6) is 0 Å². The molecule has 1 saturated heterocycles. The molecule has 1 heterocycles. The van der Waals surface area contributed by atoms with Crippen LogP contribution in [0.2, 0.25) is 0 Å². The Bertz CT molecular complexity index is 495. The molecule has 0 spiro atoms. The topological polar surface area (TPSA) is 35.6 Å². The van der Waals surface area contributed by atoms with Crippen LogP contribution < -0.4 is 5.32 Å². The largest absolute Gasteiger partial charge is 0.324 e. The van der Waals surface area contributed by atoms with Gasteiger partial charge in [-0.25, -0.2) is 0 Å². The minimum atomic E-state index is 0.0337. The van der Waals surface area contributed by atoms with Crippen molar-refractivity contribution in [3.63, 3.8) is 0 Å². The highest BCUT2D eigenvalue weighted by Gasteiger charge is 2.19. The zero-order chi connectivity index (χ0) is 15.9. The Morgan fingerprint density at radius 1 is 1.41 bits per heavy atom. The number of likely N-dealkylation sites (N-methyl/N-ethyl adjacent to an activating group) is 1. The SMILES string of the molecule is CN(CCC1CCCCN1C)CC(=O)Nc1ccccc1Br. The van der Waals surface area contributed by atoms with Gasteiger partial charge in [-0.3, -0.25) is 9.69 Å². The Labute approximate surface area is 142 Å². The second-order valence-corrected chi connectivity index (χ2v) is 7.04. The molecule has 1 aromatic carbocycles. The lowest BCUT2D eigenvalue weighted by Crippen LogP contribution is -2.39. The van der Waals surface area contributed by atoms with Crippen molar-refractivity contribution < 1.29 is 4.79 Å². The van der Waals surface area contributed by atoms with Gasteiger partial charge in [0.15, 0.2) is 0 Å². The molecule has 2 rings (SSSR count). The summed E-state index contributed by atoms with van der Waals surface area (Å²) in [6.45, 7) is 2.59. The quantitative estimate of drug-likeness (QED) is 0.838. The highest BCUT2D eigenvalue weighted by molar-refractivity contribution is 9.10. The summed E-state index contributed by atoms with van der Waals surface area (Å²) in [6.07, 6.45) is 5.07. The molecule has 0 radical (unpaired) electrons. The molecule has 0 aliphatic carbocycles. The predicted octanol–water partition coefficient (Wildman–Crippen LogP) is 3.19. The van der Waals surface area contributed by atoms with Crippen molar-refractivity contribution >= 4 is 27.5 Å². The van der Waals surface area contributed by atoms with Crippen LogP contribution in [0.3, 0.4) is 0 Å². The number of para-hydroxylation sites is 1. The molecule has 122 valence electrons. The fourth-order valence-electron chi connectivity index (χ4n) is 2.95. The summed E-state index contributed by atoms with van der Waals surface area (Å²) in [5.41, 5.74) is 0.827. The van der Waals surface area contributed by atoms with Crippen molar-refractivity contribution in [1.82, 2.24) is 9.80 Å². The fraction of sp³-hybridized carbons (Fsp3) is 0.588. The number of nitrogens with one attached hydrogen (secondary N) is 1. The van der Waals surface area contributed by atoms with Crippen molar-refractivity contribution in [2.24, 2.45) is 0 Å². The van der Waals surface area contributed by atoms with Crippen LogP contribution in [0.25, 0.3) is 0 Å². The van der Waals surface area contributed by atoms with Gasteiger partial charge in [0.2, 0.25) is 5.91 Å².